The van der Waals surface area contributed by atoms with Crippen molar-refractivity contribution in [1.29, 1.82) is 0 Å². The molecule has 2 heterocycles. The predicted octanol–water partition coefficient (Wildman–Crippen LogP) is 2.81. The van der Waals surface area contributed by atoms with Gasteiger partial charge in [0.1, 0.15) is 5.82 Å². The number of aryl methyl sites for hydroxylation is 1. The third-order valence-corrected chi connectivity index (χ3v) is 3.31. The molecule has 0 radical (unpaired) electrons. The molecule has 3 heteroatoms. The number of imidazole rings is 1. The van der Waals surface area contributed by atoms with Gasteiger partial charge in [-0.2, -0.15) is 0 Å². The molecule has 3 rings (SSSR count). The second-order valence-electron chi connectivity index (χ2n) is 4.70. The van der Waals surface area contributed by atoms with Crippen LogP contribution < -0.4 is 5.32 Å². The lowest BCUT2D eigenvalue weighted by Crippen LogP contribution is -2.14. The van der Waals surface area contributed by atoms with Crippen molar-refractivity contribution in [3.63, 3.8) is 0 Å². The normalized spacial score (nSPS) is 19.7. The Labute approximate surface area is 101 Å². The van der Waals surface area contributed by atoms with Gasteiger partial charge in [-0.1, -0.05) is 23.8 Å². The highest BCUT2D eigenvalue weighted by atomic mass is 15.0. The largest absolute Gasteiger partial charge is 0.341 e. The summed E-state index contributed by atoms with van der Waals surface area (Å²) in [5.41, 5.74) is 3.59. The Morgan fingerprint density at radius 3 is 3.06 bits per heavy atom. The van der Waals surface area contributed by atoms with Crippen molar-refractivity contribution in [3.05, 3.63) is 41.9 Å². The van der Waals surface area contributed by atoms with Gasteiger partial charge in [-0.05, 0) is 37.9 Å². The van der Waals surface area contributed by atoms with Gasteiger partial charge in [0, 0.05) is 0 Å². The molecule has 1 fully saturated rings. The summed E-state index contributed by atoms with van der Waals surface area (Å²) in [7, 11) is 0. The molecule has 1 saturated heterocycles. The van der Waals surface area contributed by atoms with E-state index in [4.69, 9.17) is 0 Å². The molecule has 2 aromatic rings. The molecule has 0 aliphatic carbocycles. The lowest BCUT2D eigenvalue weighted by Gasteiger charge is -2.05. The average molecular weight is 227 g/mol. The first-order valence-corrected chi connectivity index (χ1v) is 6.18. The molecule has 1 aliphatic rings. The van der Waals surface area contributed by atoms with Crippen LogP contribution in [0, 0.1) is 6.92 Å². The van der Waals surface area contributed by atoms with Gasteiger partial charge in [-0.25, -0.2) is 4.98 Å². The molecule has 0 unspecified atom stereocenters. The van der Waals surface area contributed by atoms with E-state index in [0.717, 1.165) is 18.1 Å². The number of benzene rings is 1. The first kappa shape index (κ1) is 10.5. The van der Waals surface area contributed by atoms with Gasteiger partial charge in [-0.15, -0.1) is 0 Å². The maximum absolute atomic E-state index is 4.49. The number of rotatable bonds is 2. The van der Waals surface area contributed by atoms with Gasteiger partial charge in [0.05, 0.1) is 17.9 Å². The summed E-state index contributed by atoms with van der Waals surface area (Å²) < 4.78 is 0. The highest BCUT2D eigenvalue weighted by molar-refractivity contribution is 5.59. The molecule has 3 nitrogen and oxygen atoms in total. The fourth-order valence-corrected chi connectivity index (χ4v) is 2.39. The topological polar surface area (TPSA) is 40.7 Å². The van der Waals surface area contributed by atoms with Crippen LogP contribution in [0.5, 0.6) is 0 Å². The van der Waals surface area contributed by atoms with Crippen LogP contribution in [-0.4, -0.2) is 16.5 Å². The van der Waals surface area contributed by atoms with E-state index in [1.807, 2.05) is 6.20 Å². The number of nitrogens with zero attached hydrogens (tertiary/aromatic N) is 1. The van der Waals surface area contributed by atoms with Crippen LogP contribution in [0.15, 0.2) is 30.5 Å². The molecule has 17 heavy (non-hydrogen) atoms. The third-order valence-electron chi connectivity index (χ3n) is 3.31. The van der Waals surface area contributed by atoms with Crippen LogP contribution >= 0.6 is 0 Å². The number of aromatic nitrogens is 2. The highest BCUT2D eigenvalue weighted by Crippen LogP contribution is 2.24. The van der Waals surface area contributed by atoms with E-state index in [1.165, 1.54) is 24.0 Å². The van der Waals surface area contributed by atoms with Crippen molar-refractivity contribution in [1.82, 2.24) is 15.3 Å². The molecular formula is C14H17N3. The first-order valence-electron chi connectivity index (χ1n) is 6.18. The van der Waals surface area contributed by atoms with E-state index >= 15 is 0 Å². The Morgan fingerprint density at radius 2 is 2.29 bits per heavy atom. The van der Waals surface area contributed by atoms with Gasteiger partial charge in [-0.3, -0.25) is 0 Å². The summed E-state index contributed by atoms with van der Waals surface area (Å²) in [6.07, 6.45) is 4.36. The van der Waals surface area contributed by atoms with Crippen LogP contribution in [0.2, 0.25) is 0 Å². The van der Waals surface area contributed by atoms with Gasteiger partial charge in [0.2, 0.25) is 0 Å². The van der Waals surface area contributed by atoms with E-state index in [9.17, 15) is 0 Å². The number of aromatic amines is 1. The predicted molar refractivity (Wildman–Crippen MR) is 68.7 cm³/mol. The molecule has 1 aromatic carbocycles. The summed E-state index contributed by atoms with van der Waals surface area (Å²) in [5.74, 6) is 1.07. The van der Waals surface area contributed by atoms with E-state index in [-0.39, 0.29) is 0 Å². The molecule has 0 amide bonds. The second kappa shape index (κ2) is 4.34. The van der Waals surface area contributed by atoms with E-state index in [1.54, 1.807) is 0 Å². The van der Waals surface area contributed by atoms with Crippen molar-refractivity contribution in [3.8, 4) is 11.3 Å². The minimum absolute atomic E-state index is 0.411. The summed E-state index contributed by atoms with van der Waals surface area (Å²) in [5, 5.41) is 3.46. The van der Waals surface area contributed by atoms with Crippen LogP contribution in [0.1, 0.15) is 30.3 Å². The lowest BCUT2D eigenvalue weighted by molar-refractivity contribution is 0.613. The van der Waals surface area contributed by atoms with E-state index in [2.05, 4.69) is 46.5 Å². The standard InChI is InChI=1S/C14H17N3/c1-10-4-2-5-11(8-10)13-9-16-14(17-13)12-6-3-7-15-12/h2,4-5,8-9,12,15H,3,6-7H2,1H3,(H,16,17)/t12-/m1/s1. The third kappa shape index (κ3) is 2.11. The van der Waals surface area contributed by atoms with Gasteiger partial charge >= 0.3 is 0 Å². The van der Waals surface area contributed by atoms with E-state index in [0.29, 0.717) is 6.04 Å². The summed E-state index contributed by atoms with van der Waals surface area (Å²) in [4.78, 5) is 7.91. The Balaban J connectivity index is 1.89. The Hall–Kier alpha value is -1.61. The minimum Gasteiger partial charge on any atom is -0.341 e. The molecule has 88 valence electrons. The van der Waals surface area contributed by atoms with Gasteiger partial charge < -0.3 is 10.3 Å². The zero-order valence-electron chi connectivity index (χ0n) is 10.0. The molecule has 1 atom stereocenters. The first-order chi connectivity index (χ1) is 8.33. The number of nitrogens with one attached hydrogen (secondary N) is 2. The lowest BCUT2D eigenvalue weighted by atomic mass is 10.1. The Morgan fingerprint density at radius 1 is 1.35 bits per heavy atom. The fraction of sp³-hybridized carbons (Fsp3) is 0.357. The van der Waals surface area contributed by atoms with Crippen LogP contribution in [-0.2, 0) is 0 Å². The van der Waals surface area contributed by atoms with E-state index < -0.39 is 0 Å². The zero-order valence-corrected chi connectivity index (χ0v) is 10.0. The van der Waals surface area contributed by atoms with Gasteiger partial charge in [0.15, 0.2) is 0 Å². The maximum Gasteiger partial charge on any atom is 0.123 e. The number of H-pyrrole nitrogens is 1. The summed E-state index contributed by atoms with van der Waals surface area (Å²) >= 11 is 0. The highest BCUT2D eigenvalue weighted by Gasteiger charge is 2.19. The second-order valence-corrected chi connectivity index (χ2v) is 4.70. The molecule has 0 bridgehead atoms. The quantitative estimate of drug-likeness (QED) is 0.828. The summed E-state index contributed by atoms with van der Waals surface area (Å²) in [6.45, 7) is 3.21. The van der Waals surface area contributed by atoms with Gasteiger partial charge in [0.25, 0.3) is 0 Å². The molecule has 1 aromatic heterocycles. The molecule has 1 aliphatic heterocycles. The van der Waals surface area contributed by atoms with Crippen molar-refractivity contribution >= 4 is 0 Å². The maximum atomic E-state index is 4.49. The van der Waals surface area contributed by atoms with Crippen LogP contribution in [0.3, 0.4) is 0 Å². The van der Waals surface area contributed by atoms with Crippen LogP contribution in [0.25, 0.3) is 11.3 Å². The van der Waals surface area contributed by atoms with Crippen molar-refractivity contribution in [2.45, 2.75) is 25.8 Å². The molecular weight excluding hydrogens is 210 g/mol. The average Bonchev–Trinajstić information content (AvgIpc) is 3.00. The Bertz CT molecular complexity index is 510. The molecule has 0 saturated carbocycles. The number of hydrogen-bond acceptors (Lipinski definition) is 2. The van der Waals surface area contributed by atoms with Crippen molar-refractivity contribution < 1.29 is 0 Å². The fourth-order valence-electron chi connectivity index (χ4n) is 2.39. The van der Waals surface area contributed by atoms with Crippen molar-refractivity contribution in [2.24, 2.45) is 0 Å². The number of hydrogen-bond donors (Lipinski definition) is 2. The van der Waals surface area contributed by atoms with Crippen LogP contribution in [0.4, 0.5) is 0 Å². The molecule has 2 N–H and O–H groups in total. The van der Waals surface area contributed by atoms with Crippen molar-refractivity contribution in [2.75, 3.05) is 6.54 Å². The Kier molecular flexibility index (Phi) is 2.69. The minimum atomic E-state index is 0.411. The molecule has 0 spiro atoms. The monoisotopic (exact) mass is 227 g/mol. The summed E-state index contributed by atoms with van der Waals surface area (Å²) in [6, 6.07) is 8.90. The SMILES string of the molecule is Cc1cccc(-c2cnc([C@H]3CCCN3)[nH]2)c1. The zero-order chi connectivity index (χ0) is 11.7. The smallest absolute Gasteiger partial charge is 0.123 e.